The number of hydrogen-bond donors (Lipinski definition) is 0. The number of rotatable bonds is 5. The zero-order chi connectivity index (χ0) is 10.4. The lowest BCUT2D eigenvalue weighted by Crippen LogP contribution is -2.41. The van der Waals surface area contributed by atoms with Crippen molar-refractivity contribution in [3.8, 4) is 0 Å². The van der Waals surface area contributed by atoms with E-state index in [1.807, 2.05) is 25.8 Å². The summed E-state index contributed by atoms with van der Waals surface area (Å²) in [4.78, 5) is 15.5. The van der Waals surface area contributed by atoms with Crippen LogP contribution in [0.3, 0.4) is 0 Å². The van der Waals surface area contributed by atoms with Gasteiger partial charge < -0.3 is 4.90 Å². The van der Waals surface area contributed by atoms with E-state index in [1.54, 1.807) is 0 Å². The third kappa shape index (κ3) is 4.27. The molecule has 0 bridgehead atoms. The van der Waals surface area contributed by atoms with Crippen LogP contribution in [0.4, 0.5) is 0 Å². The van der Waals surface area contributed by atoms with Crippen LogP contribution < -0.4 is 0 Å². The van der Waals surface area contributed by atoms with Crippen LogP contribution in [-0.2, 0) is 4.79 Å². The molecule has 3 nitrogen and oxygen atoms in total. The second-order valence-electron chi connectivity index (χ2n) is 3.57. The number of amides is 1. The number of carbonyl (C=O) groups excluding carboxylic acids is 1. The number of likely N-dealkylation sites (N-methyl/N-ethyl adjacent to an activating group) is 2. The molecular weight excluding hydrogens is 164 g/mol. The molecule has 0 aliphatic rings. The maximum Gasteiger partial charge on any atom is 0.236 e. The van der Waals surface area contributed by atoms with Crippen LogP contribution in [0.1, 0.15) is 27.7 Å². The smallest absolute Gasteiger partial charge is 0.236 e. The molecule has 0 aromatic carbocycles. The Morgan fingerprint density at radius 1 is 1.23 bits per heavy atom. The SMILES string of the molecule is CCN(CC)C(=O)CN(C)C(C)C. The summed E-state index contributed by atoms with van der Waals surface area (Å²) in [5, 5.41) is 0. The van der Waals surface area contributed by atoms with E-state index in [0.717, 1.165) is 13.1 Å². The third-order valence-electron chi connectivity index (χ3n) is 2.38. The fourth-order valence-corrected chi connectivity index (χ4v) is 1.07. The second-order valence-corrected chi connectivity index (χ2v) is 3.57. The molecule has 0 aliphatic carbocycles. The molecule has 0 aliphatic heterocycles. The van der Waals surface area contributed by atoms with Gasteiger partial charge in [0.15, 0.2) is 0 Å². The first-order valence-electron chi connectivity index (χ1n) is 5.00. The zero-order valence-corrected chi connectivity index (χ0v) is 9.50. The first-order valence-corrected chi connectivity index (χ1v) is 5.00. The molecule has 0 fully saturated rings. The molecule has 0 unspecified atom stereocenters. The van der Waals surface area contributed by atoms with E-state index in [1.165, 1.54) is 0 Å². The van der Waals surface area contributed by atoms with Gasteiger partial charge in [0.2, 0.25) is 5.91 Å². The molecule has 0 heterocycles. The summed E-state index contributed by atoms with van der Waals surface area (Å²) in [6.07, 6.45) is 0. The lowest BCUT2D eigenvalue weighted by Gasteiger charge is -2.25. The highest BCUT2D eigenvalue weighted by Gasteiger charge is 2.13. The molecule has 0 radical (unpaired) electrons. The molecule has 0 rings (SSSR count). The lowest BCUT2D eigenvalue weighted by molar-refractivity contribution is -0.132. The number of hydrogen-bond acceptors (Lipinski definition) is 2. The number of carbonyl (C=O) groups is 1. The van der Waals surface area contributed by atoms with Crippen molar-refractivity contribution in [2.75, 3.05) is 26.7 Å². The van der Waals surface area contributed by atoms with Gasteiger partial charge in [0.05, 0.1) is 6.54 Å². The van der Waals surface area contributed by atoms with E-state index in [4.69, 9.17) is 0 Å². The summed E-state index contributed by atoms with van der Waals surface area (Å²) in [6.45, 7) is 10.3. The molecule has 0 atom stereocenters. The van der Waals surface area contributed by atoms with Crippen LogP contribution in [0.5, 0.6) is 0 Å². The van der Waals surface area contributed by atoms with E-state index in [2.05, 4.69) is 18.7 Å². The van der Waals surface area contributed by atoms with Crippen molar-refractivity contribution in [2.24, 2.45) is 0 Å². The van der Waals surface area contributed by atoms with Crippen molar-refractivity contribution in [1.29, 1.82) is 0 Å². The van der Waals surface area contributed by atoms with Crippen LogP contribution in [0.25, 0.3) is 0 Å². The van der Waals surface area contributed by atoms with Gasteiger partial charge in [-0.2, -0.15) is 0 Å². The average Bonchev–Trinajstić information content (AvgIpc) is 2.06. The summed E-state index contributed by atoms with van der Waals surface area (Å²) in [6, 6.07) is 0.430. The molecule has 0 aromatic heterocycles. The van der Waals surface area contributed by atoms with Crippen molar-refractivity contribution >= 4 is 5.91 Å². The largest absolute Gasteiger partial charge is 0.342 e. The Bertz CT molecular complexity index is 153. The van der Waals surface area contributed by atoms with E-state index in [9.17, 15) is 4.79 Å². The van der Waals surface area contributed by atoms with Gasteiger partial charge in [-0.3, -0.25) is 9.69 Å². The molecule has 0 saturated heterocycles. The maximum absolute atomic E-state index is 11.6. The highest BCUT2D eigenvalue weighted by atomic mass is 16.2. The number of nitrogens with zero attached hydrogens (tertiary/aromatic N) is 2. The molecule has 0 spiro atoms. The normalized spacial score (nSPS) is 11.0. The highest BCUT2D eigenvalue weighted by Crippen LogP contribution is 1.96. The maximum atomic E-state index is 11.6. The third-order valence-corrected chi connectivity index (χ3v) is 2.38. The summed E-state index contributed by atoms with van der Waals surface area (Å²) >= 11 is 0. The molecule has 13 heavy (non-hydrogen) atoms. The van der Waals surface area contributed by atoms with Gasteiger partial charge >= 0.3 is 0 Å². The predicted octanol–water partition coefficient (Wildman–Crippen LogP) is 1.19. The topological polar surface area (TPSA) is 23.6 Å². The Labute approximate surface area is 81.7 Å². The van der Waals surface area contributed by atoms with E-state index < -0.39 is 0 Å². The van der Waals surface area contributed by atoms with Gasteiger partial charge in [-0.15, -0.1) is 0 Å². The molecule has 3 heteroatoms. The summed E-state index contributed by atoms with van der Waals surface area (Å²) in [5.41, 5.74) is 0. The Kier molecular flexibility index (Phi) is 5.71. The fraction of sp³-hybridized carbons (Fsp3) is 0.900. The molecule has 1 amide bonds. The first kappa shape index (κ1) is 12.4. The fourth-order valence-electron chi connectivity index (χ4n) is 1.07. The van der Waals surface area contributed by atoms with Crippen LogP contribution >= 0.6 is 0 Å². The molecular formula is C10H22N2O. The van der Waals surface area contributed by atoms with Crippen LogP contribution in [0, 0.1) is 0 Å². The van der Waals surface area contributed by atoms with Crippen molar-refractivity contribution < 1.29 is 4.79 Å². The van der Waals surface area contributed by atoms with Crippen LogP contribution in [0.15, 0.2) is 0 Å². The Hall–Kier alpha value is -0.570. The van der Waals surface area contributed by atoms with E-state index in [0.29, 0.717) is 12.6 Å². The predicted molar refractivity (Wildman–Crippen MR) is 55.7 cm³/mol. The lowest BCUT2D eigenvalue weighted by atomic mass is 10.3. The first-order chi connectivity index (χ1) is 6.02. The Balaban J connectivity index is 3.98. The minimum atomic E-state index is 0.223. The minimum Gasteiger partial charge on any atom is -0.342 e. The molecule has 0 aromatic rings. The molecule has 78 valence electrons. The van der Waals surface area contributed by atoms with Crippen LogP contribution in [-0.4, -0.2) is 48.4 Å². The molecule has 0 saturated carbocycles. The summed E-state index contributed by atoms with van der Waals surface area (Å²) in [5.74, 6) is 0.223. The highest BCUT2D eigenvalue weighted by molar-refractivity contribution is 5.78. The standard InChI is InChI=1S/C10H22N2O/c1-6-12(7-2)10(13)8-11(5)9(3)4/h9H,6-8H2,1-5H3. The monoisotopic (exact) mass is 186 g/mol. The average molecular weight is 186 g/mol. The van der Waals surface area contributed by atoms with Crippen molar-refractivity contribution in [1.82, 2.24) is 9.80 Å². The van der Waals surface area contributed by atoms with Crippen molar-refractivity contribution in [2.45, 2.75) is 33.7 Å². The van der Waals surface area contributed by atoms with Gasteiger partial charge in [0, 0.05) is 19.1 Å². The van der Waals surface area contributed by atoms with Gasteiger partial charge in [0.25, 0.3) is 0 Å². The van der Waals surface area contributed by atoms with Gasteiger partial charge in [-0.25, -0.2) is 0 Å². The summed E-state index contributed by atoms with van der Waals surface area (Å²) in [7, 11) is 1.98. The van der Waals surface area contributed by atoms with Crippen molar-refractivity contribution in [3.05, 3.63) is 0 Å². The zero-order valence-electron chi connectivity index (χ0n) is 9.50. The van der Waals surface area contributed by atoms with Crippen molar-refractivity contribution in [3.63, 3.8) is 0 Å². The van der Waals surface area contributed by atoms with Gasteiger partial charge in [0.1, 0.15) is 0 Å². The Morgan fingerprint density at radius 3 is 2.00 bits per heavy atom. The quantitative estimate of drug-likeness (QED) is 0.644. The Morgan fingerprint density at radius 2 is 1.69 bits per heavy atom. The van der Waals surface area contributed by atoms with Gasteiger partial charge in [-0.05, 0) is 34.7 Å². The molecule has 0 N–H and O–H groups in total. The van der Waals surface area contributed by atoms with Gasteiger partial charge in [-0.1, -0.05) is 0 Å². The summed E-state index contributed by atoms with van der Waals surface area (Å²) < 4.78 is 0. The van der Waals surface area contributed by atoms with Crippen LogP contribution in [0.2, 0.25) is 0 Å². The minimum absolute atomic E-state index is 0.223. The van der Waals surface area contributed by atoms with E-state index in [-0.39, 0.29) is 5.91 Å². The van der Waals surface area contributed by atoms with E-state index >= 15 is 0 Å². The second kappa shape index (κ2) is 5.97.